The second-order valence-electron chi connectivity index (χ2n) is 5.01. The molecule has 1 rings (SSSR count). The third-order valence-corrected chi connectivity index (χ3v) is 3.11. The van der Waals surface area contributed by atoms with Gasteiger partial charge in [-0.2, -0.15) is 0 Å². The topological polar surface area (TPSA) is 83.7 Å². The normalized spacial score (nSPS) is 10.6. The average molecular weight is 280 g/mol. The van der Waals surface area contributed by atoms with Gasteiger partial charge >= 0.3 is 5.97 Å². The Kier molecular flexibility index (Phi) is 5.49. The first-order chi connectivity index (χ1) is 9.32. The first-order valence-electron chi connectivity index (χ1n) is 6.56. The zero-order chi connectivity index (χ0) is 15.3. The summed E-state index contributed by atoms with van der Waals surface area (Å²) in [4.78, 5) is 23.0. The molecule has 1 N–H and O–H groups in total. The fourth-order valence-electron chi connectivity index (χ4n) is 2.13. The zero-order valence-electron chi connectivity index (χ0n) is 12.0. The van der Waals surface area contributed by atoms with Crippen molar-refractivity contribution in [2.75, 3.05) is 11.4 Å². The van der Waals surface area contributed by atoms with E-state index in [4.69, 9.17) is 5.11 Å². The van der Waals surface area contributed by atoms with Crippen molar-refractivity contribution in [3.63, 3.8) is 0 Å². The maximum atomic E-state index is 10.7. The highest BCUT2D eigenvalue weighted by atomic mass is 16.6. The van der Waals surface area contributed by atoms with Gasteiger partial charge in [-0.15, -0.1) is 0 Å². The summed E-state index contributed by atoms with van der Waals surface area (Å²) in [5, 5.41) is 19.4. The number of aliphatic carboxylic acids is 1. The molecule has 0 aliphatic heterocycles. The molecule has 0 unspecified atom stereocenters. The average Bonchev–Trinajstić information content (AvgIpc) is 2.34. The quantitative estimate of drug-likeness (QED) is 0.613. The molecule has 0 fully saturated rings. The van der Waals surface area contributed by atoms with Crippen LogP contribution in [0.2, 0.25) is 0 Å². The molecule has 0 atom stereocenters. The van der Waals surface area contributed by atoms with Gasteiger partial charge in [0.25, 0.3) is 5.69 Å². The monoisotopic (exact) mass is 280 g/mol. The molecule has 1 aromatic rings. The van der Waals surface area contributed by atoms with E-state index >= 15 is 0 Å². The third kappa shape index (κ3) is 4.22. The molecule has 0 aliphatic carbocycles. The number of nitrogens with zero attached hydrogens (tertiary/aromatic N) is 2. The number of anilines is 1. The van der Waals surface area contributed by atoms with E-state index in [0.717, 1.165) is 11.3 Å². The fraction of sp³-hybridized carbons (Fsp3) is 0.500. The van der Waals surface area contributed by atoms with Crippen molar-refractivity contribution in [3.05, 3.63) is 33.9 Å². The van der Waals surface area contributed by atoms with Crippen LogP contribution in [0.3, 0.4) is 0 Å². The highest BCUT2D eigenvalue weighted by Gasteiger charge is 2.16. The smallest absolute Gasteiger partial charge is 0.303 e. The number of hydrogen-bond donors (Lipinski definition) is 1. The van der Waals surface area contributed by atoms with Crippen LogP contribution in [0.25, 0.3) is 0 Å². The number of carbonyl (C=O) groups is 1. The summed E-state index contributed by atoms with van der Waals surface area (Å²) in [6, 6.07) is 4.95. The maximum absolute atomic E-state index is 10.7. The minimum atomic E-state index is -0.811. The molecule has 6 nitrogen and oxygen atoms in total. The lowest BCUT2D eigenvalue weighted by Gasteiger charge is -2.30. The summed E-state index contributed by atoms with van der Waals surface area (Å²) in [6.45, 7) is 6.47. The van der Waals surface area contributed by atoms with Crippen LogP contribution < -0.4 is 4.90 Å². The first-order valence-corrected chi connectivity index (χ1v) is 6.56. The molecule has 0 heterocycles. The number of hydrogen-bond acceptors (Lipinski definition) is 4. The Hall–Kier alpha value is -2.11. The molecule has 6 heteroatoms. The molecule has 110 valence electrons. The highest BCUT2D eigenvalue weighted by Crippen LogP contribution is 2.26. The summed E-state index contributed by atoms with van der Waals surface area (Å²) in [7, 11) is 0. The second-order valence-corrected chi connectivity index (χ2v) is 5.01. The third-order valence-electron chi connectivity index (χ3n) is 3.11. The molecular formula is C14H20N2O4. The SMILES string of the molecule is Cc1cc([N+](=O)[O-])ccc1N(CCCC(=O)O)C(C)C. The van der Waals surface area contributed by atoms with E-state index in [2.05, 4.69) is 4.90 Å². The first kappa shape index (κ1) is 15.9. The van der Waals surface area contributed by atoms with Gasteiger partial charge in [0.2, 0.25) is 0 Å². The van der Waals surface area contributed by atoms with Crippen LogP contribution in [0.5, 0.6) is 0 Å². The zero-order valence-corrected chi connectivity index (χ0v) is 12.0. The van der Waals surface area contributed by atoms with Gasteiger partial charge in [0.05, 0.1) is 4.92 Å². The molecule has 0 bridgehead atoms. The summed E-state index contributed by atoms with van der Waals surface area (Å²) in [5.41, 5.74) is 1.81. The van der Waals surface area contributed by atoms with Gasteiger partial charge in [0, 0.05) is 36.8 Å². The number of carboxylic acids is 1. The standard InChI is InChI=1S/C14H20N2O4/c1-10(2)15(8-4-5-14(17)18)13-7-6-12(16(19)20)9-11(13)3/h6-7,9-10H,4-5,8H2,1-3H3,(H,17,18). The van der Waals surface area contributed by atoms with Crippen LogP contribution in [-0.2, 0) is 4.79 Å². The Morgan fingerprint density at radius 3 is 2.55 bits per heavy atom. The summed E-state index contributed by atoms with van der Waals surface area (Å²) >= 11 is 0. The fourth-order valence-corrected chi connectivity index (χ4v) is 2.13. The van der Waals surface area contributed by atoms with Crippen LogP contribution in [0, 0.1) is 17.0 Å². The Balaban J connectivity index is 2.91. The number of benzene rings is 1. The summed E-state index contributed by atoms with van der Waals surface area (Å²) in [6.07, 6.45) is 0.666. The van der Waals surface area contributed by atoms with Crippen LogP contribution >= 0.6 is 0 Å². The Bertz CT molecular complexity index is 500. The number of nitro groups is 1. The van der Waals surface area contributed by atoms with Crippen molar-refractivity contribution in [2.45, 2.75) is 39.7 Å². The van der Waals surface area contributed by atoms with Gasteiger partial charge in [-0.3, -0.25) is 14.9 Å². The van der Waals surface area contributed by atoms with Crippen LogP contribution in [0.1, 0.15) is 32.3 Å². The number of aryl methyl sites for hydroxylation is 1. The molecule has 0 radical (unpaired) electrons. The van der Waals surface area contributed by atoms with Crippen molar-refractivity contribution in [3.8, 4) is 0 Å². The van der Waals surface area contributed by atoms with Crippen molar-refractivity contribution < 1.29 is 14.8 Å². The summed E-state index contributed by atoms with van der Waals surface area (Å²) < 4.78 is 0. The number of non-ortho nitro benzene ring substituents is 1. The number of nitro benzene ring substituents is 1. The summed E-state index contributed by atoms with van der Waals surface area (Å²) in [5.74, 6) is -0.811. The predicted molar refractivity (Wildman–Crippen MR) is 77.2 cm³/mol. The Morgan fingerprint density at radius 2 is 2.10 bits per heavy atom. The van der Waals surface area contributed by atoms with Crippen LogP contribution in [0.15, 0.2) is 18.2 Å². The molecule has 0 saturated carbocycles. The highest BCUT2D eigenvalue weighted by molar-refractivity contribution is 5.66. The lowest BCUT2D eigenvalue weighted by molar-refractivity contribution is -0.384. The molecule has 0 aromatic heterocycles. The van der Waals surface area contributed by atoms with E-state index in [1.54, 1.807) is 12.1 Å². The Morgan fingerprint density at radius 1 is 1.45 bits per heavy atom. The van der Waals surface area contributed by atoms with Gasteiger partial charge < -0.3 is 10.0 Å². The van der Waals surface area contributed by atoms with Gasteiger partial charge in [-0.05, 0) is 38.8 Å². The van der Waals surface area contributed by atoms with Crippen molar-refractivity contribution in [1.29, 1.82) is 0 Å². The van der Waals surface area contributed by atoms with E-state index < -0.39 is 10.9 Å². The molecule has 0 amide bonds. The Labute approximate surface area is 118 Å². The predicted octanol–water partition coefficient (Wildman–Crippen LogP) is 2.98. The second kappa shape index (κ2) is 6.88. The van der Waals surface area contributed by atoms with Crippen LogP contribution in [-0.4, -0.2) is 28.6 Å². The van der Waals surface area contributed by atoms with E-state index in [1.165, 1.54) is 6.07 Å². The molecule has 20 heavy (non-hydrogen) atoms. The molecule has 1 aromatic carbocycles. The van der Waals surface area contributed by atoms with Gasteiger partial charge in [0.1, 0.15) is 0 Å². The number of carboxylic acid groups (broad SMARTS) is 1. The van der Waals surface area contributed by atoms with E-state index in [9.17, 15) is 14.9 Å². The van der Waals surface area contributed by atoms with E-state index in [-0.39, 0.29) is 18.2 Å². The molecular weight excluding hydrogens is 260 g/mol. The molecule has 0 spiro atoms. The maximum Gasteiger partial charge on any atom is 0.303 e. The van der Waals surface area contributed by atoms with Gasteiger partial charge in [0.15, 0.2) is 0 Å². The van der Waals surface area contributed by atoms with E-state index in [1.807, 2.05) is 20.8 Å². The molecule has 0 aliphatic rings. The van der Waals surface area contributed by atoms with E-state index in [0.29, 0.717) is 13.0 Å². The minimum Gasteiger partial charge on any atom is -0.481 e. The van der Waals surface area contributed by atoms with Crippen LogP contribution in [0.4, 0.5) is 11.4 Å². The van der Waals surface area contributed by atoms with Gasteiger partial charge in [-0.1, -0.05) is 0 Å². The van der Waals surface area contributed by atoms with Crippen molar-refractivity contribution in [1.82, 2.24) is 0 Å². The van der Waals surface area contributed by atoms with Gasteiger partial charge in [-0.25, -0.2) is 0 Å². The largest absolute Gasteiger partial charge is 0.481 e. The molecule has 0 saturated heterocycles. The lowest BCUT2D eigenvalue weighted by atomic mass is 10.1. The lowest BCUT2D eigenvalue weighted by Crippen LogP contribution is -2.32. The number of rotatable bonds is 7. The van der Waals surface area contributed by atoms with Crippen molar-refractivity contribution >= 4 is 17.3 Å². The minimum absolute atomic E-state index is 0.0699. The van der Waals surface area contributed by atoms with Crippen molar-refractivity contribution in [2.24, 2.45) is 0 Å².